The van der Waals surface area contributed by atoms with Gasteiger partial charge in [0.25, 0.3) is 0 Å². The minimum absolute atomic E-state index is 0.0659. The number of carboxylic acid groups (broad SMARTS) is 1. The Kier molecular flexibility index (Phi) is 14.6. The highest BCUT2D eigenvalue weighted by Crippen LogP contribution is 2.08. The molecule has 1 N–H and O–H groups in total. The Morgan fingerprint density at radius 1 is 0.792 bits per heavy atom. The average Bonchev–Trinajstić information content (AvgIpc) is 2.56. The van der Waals surface area contributed by atoms with Crippen molar-refractivity contribution in [1.29, 1.82) is 0 Å². The molecule has 0 aliphatic rings. The van der Waals surface area contributed by atoms with Crippen molar-refractivity contribution < 1.29 is 19.5 Å². The second-order valence-electron chi connectivity index (χ2n) is 5.78. The van der Waals surface area contributed by atoms with Gasteiger partial charge in [-0.3, -0.25) is 9.59 Å². The highest BCUT2D eigenvalue weighted by molar-refractivity contribution is 6.33. The molecule has 0 aromatic carbocycles. The van der Waals surface area contributed by atoms with E-state index >= 15 is 0 Å². The van der Waals surface area contributed by atoms with Crippen LogP contribution in [0.25, 0.3) is 0 Å². The minimum Gasteiger partial charge on any atom is -0.476 e. The third kappa shape index (κ3) is 14.9. The molecule has 0 bridgehead atoms. The standard InChI is InChI=1S/C20H30O4/c1-2-3-4-5-6-7-8-9-10-11-12-13-14-15-18(21)16-17-19(22)20(23)24/h10-15H,2-9,16-17H2,1H3,(H,23,24). The van der Waals surface area contributed by atoms with Gasteiger partial charge in [0.15, 0.2) is 5.78 Å². The topological polar surface area (TPSA) is 71.4 Å². The number of Topliss-reactive ketones (excluding diaryl/α,β-unsaturated/α-hetero) is 1. The van der Waals surface area contributed by atoms with E-state index < -0.39 is 11.8 Å². The van der Waals surface area contributed by atoms with Crippen LogP contribution in [-0.2, 0) is 14.4 Å². The molecule has 134 valence electrons. The van der Waals surface area contributed by atoms with Crippen molar-refractivity contribution in [2.45, 2.75) is 71.1 Å². The summed E-state index contributed by atoms with van der Waals surface area (Å²) in [4.78, 5) is 32.5. The fourth-order valence-electron chi connectivity index (χ4n) is 2.11. The molecule has 0 aliphatic carbocycles. The van der Waals surface area contributed by atoms with Crippen LogP contribution in [0.1, 0.15) is 71.1 Å². The number of carboxylic acids is 1. The zero-order valence-corrected chi connectivity index (χ0v) is 14.7. The largest absolute Gasteiger partial charge is 0.476 e. The fourth-order valence-corrected chi connectivity index (χ4v) is 2.11. The minimum atomic E-state index is -1.49. The zero-order valence-electron chi connectivity index (χ0n) is 14.7. The molecule has 0 aromatic heterocycles. The zero-order chi connectivity index (χ0) is 18.0. The molecule has 0 saturated carbocycles. The lowest BCUT2D eigenvalue weighted by Crippen LogP contribution is -2.13. The van der Waals surface area contributed by atoms with E-state index in [9.17, 15) is 14.4 Å². The van der Waals surface area contributed by atoms with Crippen LogP contribution in [0.5, 0.6) is 0 Å². The number of allylic oxidation sites excluding steroid dienone is 6. The van der Waals surface area contributed by atoms with Crippen LogP contribution in [0, 0.1) is 0 Å². The number of rotatable bonds is 15. The van der Waals surface area contributed by atoms with Gasteiger partial charge in [0.05, 0.1) is 0 Å². The highest BCUT2D eigenvalue weighted by atomic mass is 16.4. The third-order valence-electron chi connectivity index (χ3n) is 3.56. The summed E-state index contributed by atoms with van der Waals surface area (Å²) in [5, 5.41) is 8.40. The van der Waals surface area contributed by atoms with E-state index in [0.29, 0.717) is 0 Å². The van der Waals surface area contributed by atoms with Gasteiger partial charge >= 0.3 is 5.97 Å². The van der Waals surface area contributed by atoms with Crippen LogP contribution in [-0.4, -0.2) is 22.6 Å². The van der Waals surface area contributed by atoms with Gasteiger partial charge in [0.2, 0.25) is 5.78 Å². The summed E-state index contributed by atoms with van der Waals surface area (Å²) in [5.41, 5.74) is 0. The predicted octanol–water partition coefficient (Wildman–Crippen LogP) is 4.80. The third-order valence-corrected chi connectivity index (χ3v) is 3.56. The van der Waals surface area contributed by atoms with Gasteiger partial charge in [0, 0.05) is 12.8 Å². The lowest BCUT2D eigenvalue weighted by Gasteiger charge is -1.98. The predicted molar refractivity (Wildman–Crippen MR) is 96.9 cm³/mol. The van der Waals surface area contributed by atoms with Gasteiger partial charge in [-0.25, -0.2) is 4.79 Å². The van der Waals surface area contributed by atoms with Crippen molar-refractivity contribution in [2.24, 2.45) is 0 Å². The first-order valence-corrected chi connectivity index (χ1v) is 8.86. The summed E-state index contributed by atoms with van der Waals surface area (Å²) in [5.74, 6) is -2.67. The number of hydrogen-bond donors (Lipinski definition) is 1. The van der Waals surface area contributed by atoms with Crippen LogP contribution in [0.4, 0.5) is 0 Å². The second-order valence-corrected chi connectivity index (χ2v) is 5.78. The van der Waals surface area contributed by atoms with E-state index in [2.05, 4.69) is 13.0 Å². The SMILES string of the molecule is CCCCCCCCCC=CC=CC=CC(=O)CCC(=O)C(=O)O. The molecule has 0 amide bonds. The van der Waals surface area contributed by atoms with Gasteiger partial charge < -0.3 is 5.11 Å². The van der Waals surface area contributed by atoms with E-state index in [-0.39, 0.29) is 18.6 Å². The van der Waals surface area contributed by atoms with Gasteiger partial charge in [-0.05, 0) is 18.9 Å². The first-order valence-electron chi connectivity index (χ1n) is 8.86. The normalized spacial score (nSPS) is 11.7. The maximum absolute atomic E-state index is 11.4. The van der Waals surface area contributed by atoms with Crippen molar-refractivity contribution in [3.63, 3.8) is 0 Å². The first-order chi connectivity index (χ1) is 11.6. The summed E-state index contributed by atoms with van der Waals surface area (Å²) in [6.45, 7) is 2.23. The second kappa shape index (κ2) is 15.9. The molecule has 0 unspecified atom stereocenters. The number of ketones is 2. The molecule has 0 spiro atoms. The Labute approximate surface area is 145 Å². The summed E-state index contributed by atoms with van der Waals surface area (Å²) in [6.07, 6.45) is 20.5. The van der Waals surface area contributed by atoms with E-state index in [1.165, 1.54) is 51.0 Å². The molecular formula is C20H30O4. The Bertz CT molecular complexity index is 458. The van der Waals surface area contributed by atoms with E-state index in [1.54, 1.807) is 12.2 Å². The molecule has 4 nitrogen and oxygen atoms in total. The van der Waals surface area contributed by atoms with Crippen LogP contribution in [0.15, 0.2) is 36.5 Å². The fraction of sp³-hybridized carbons (Fsp3) is 0.550. The molecule has 24 heavy (non-hydrogen) atoms. The lowest BCUT2D eigenvalue weighted by atomic mass is 10.1. The first kappa shape index (κ1) is 22.0. The van der Waals surface area contributed by atoms with Crippen molar-refractivity contribution in [3.8, 4) is 0 Å². The van der Waals surface area contributed by atoms with E-state index in [0.717, 1.165) is 6.42 Å². The number of unbranched alkanes of at least 4 members (excludes halogenated alkanes) is 7. The number of aliphatic carboxylic acids is 1. The molecule has 0 saturated heterocycles. The molecule has 0 atom stereocenters. The average molecular weight is 334 g/mol. The maximum atomic E-state index is 11.4. The molecule has 0 fully saturated rings. The van der Waals surface area contributed by atoms with Crippen LogP contribution in [0.3, 0.4) is 0 Å². The quantitative estimate of drug-likeness (QED) is 0.202. The van der Waals surface area contributed by atoms with Gasteiger partial charge in [0.1, 0.15) is 0 Å². The van der Waals surface area contributed by atoms with Crippen molar-refractivity contribution >= 4 is 17.5 Å². The Morgan fingerprint density at radius 3 is 2.08 bits per heavy atom. The van der Waals surface area contributed by atoms with Gasteiger partial charge in [-0.2, -0.15) is 0 Å². The summed E-state index contributed by atoms with van der Waals surface area (Å²) in [7, 11) is 0. The van der Waals surface area contributed by atoms with Crippen LogP contribution in [0.2, 0.25) is 0 Å². The van der Waals surface area contributed by atoms with E-state index in [4.69, 9.17) is 5.11 Å². The number of carbonyl (C=O) groups is 3. The Morgan fingerprint density at radius 2 is 1.42 bits per heavy atom. The Balaban J connectivity index is 3.63. The molecule has 0 aliphatic heterocycles. The van der Waals surface area contributed by atoms with Crippen molar-refractivity contribution in [1.82, 2.24) is 0 Å². The molecular weight excluding hydrogens is 304 g/mol. The molecule has 0 heterocycles. The van der Waals surface area contributed by atoms with Crippen molar-refractivity contribution in [2.75, 3.05) is 0 Å². The van der Waals surface area contributed by atoms with Gasteiger partial charge in [-0.15, -0.1) is 0 Å². The number of hydrogen-bond acceptors (Lipinski definition) is 3. The summed E-state index contributed by atoms with van der Waals surface area (Å²) >= 11 is 0. The maximum Gasteiger partial charge on any atom is 0.372 e. The molecule has 0 rings (SSSR count). The summed E-state index contributed by atoms with van der Waals surface area (Å²) < 4.78 is 0. The van der Waals surface area contributed by atoms with Crippen LogP contribution < -0.4 is 0 Å². The number of carbonyl (C=O) groups excluding carboxylic acids is 2. The van der Waals surface area contributed by atoms with Crippen molar-refractivity contribution in [3.05, 3.63) is 36.5 Å². The highest BCUT2D eigenvalue weighted by Gasteiger charge is 2.11. The van der Waals surface area contributed by atoms with Crippen LogP contribution >= 0.6 is 0 Å². The summed E-state index contributed by atoms with van der Waals surface area (Å²) in [6, 6.07) is 0. The monoisotopic (exact) mass is 334 g/mol. The molecule has 0 aromatic rings. The van der Waals surface area contributed by atoms with Gasteiger partial charge in [-0.1, -0.05) is 75.8 Å². The molecule has 0 radical (unpaired) electrons. The smallest absolute Gasteiger partial charge is 0.372 e. The Hall–Kier alpha value is -1.97. The molecule has 4 heteroatoms. The van der Waals surface area contributed by atoms with E-state index in [1.807, 2.05) is 12.2 Å². The lowest BCUT2D eigenvalue weighted by molar-refractivity contribution is -0.149.